The summed E-state index contributed by atoms with van der Waals surface area (Å²) in [7, 11) is 0. The molecular formula is C25H26N5O2+. The first kappa shape index (κ1) is 21.5. The normalized spacial score (nSPS) is 15.2. The summed E-state index contributed by atoms with van der Waals surface area (Å²) in [4.78, 5) is 25.7. The first-order chi connectivity index (χ1) is 15.7. The molecule has 0 unspecified atom stereocenters. The molecule has 0 bridgehead atoms. The lowest BCUT2D eigenvalue weighted by atomic mass is 10.1. The number of nitrogens with zero attached hydrogens (tertiary/aromatic N) is 4. The lowest BCUT2D eigenvalue weighted by Crippen LogP contribution is -3.13. The van der Waals surface area contributed by atoms with E-state index in [1.54, 1.807) is 0 Å². The smallest absolute Gasteiger partial charge is 0.330 e. The van der Waals surface area contributed by atoms with Crippen molar-refractivity contribution in [1.82, 2.24) is 9.97 Å². The summed E-state index contributed by atoms with van der Waals surface area (Å²) in [5.74, 6) is -1.19. The minimum atomic E-state index is -1.14. The highest BCUT2D eigenvalue weighted by Gasteiger charge is 2.31. The van der Waals surface area contributed by atoms with Gasteiger partial charge >= 0.3 is 5.97 Å². The maximum Gasteiger partial charge on any atom is 0.330 e. The molecule has 162 valence electrons. The number of nitriles is 1. The van der Waals surface area contributed by atoms with Gasteiger partial charge < -0.3 is 14.5 Å². The van der Waals surface area contributed by atoms with Crippen LogP contribution in [0.25, 0.3) is 11.0 Å². The van der Waals surface area contributed by atoms with Crippen LogP contribution in [0.3, 0.4) is 0 Å². The number of hydrogen-bond donors (Lipinski definition) is 1. The molecule has 1 aliphatic rings. The quantitative estimate of drug-likeness (QED) is 0.457. The molecule has 1 aliphatic heterocycles. The van der Waals surface area contributed by atoms with Gasteiger partial charge in [0, 0.05) is 5.56 Å². The molecule has 7 nitrogen and oxygen atoms in total. The van der Waals surface area contributed by atoms with Crippen molar-refractivity contribution in [2.75, 3.05) is 37.7 Å². The van der Waals surface area contributed by atoms with Gasteiger partial charge in [-0.1, -0.05) is 55.1 Å². The van der Waals surface area contributed by atoms with E-state index in [0.29, 0.717) is 17.0 Å². The number of benzene rings is 2. The Kier molecular flexibility index (Phi) is 6.73. The number of quaternary nitrogens is 1. The minimum absolute atomic E-state index is 0.0505. The minimum Gasteiger partial charge on any atom is -0.460 e. The van der Waals surface area contributed by atoms with Crippen LogP contribution in [0, 0.1) is 11.3 Å². The second-order valence-corrected chi connectivity index (χ2v) is 7.80. The van der Waals surface area contributed by atoms with Gasteiger partial charge in [0.2, 0.25) is 0 Å². The van der Waals surface area contributed by atoms with E-state index < -0.39 is 11.9 Å². The predicted octanol–water partition coefficient (Wildman–Crippen LogP) is 1.87. The van der Waals surface area contributed by atoms with Crippen molar-refractivity contribution in [1.29, 1.82) is 5.26 Å². The van der Waals surface area contributed by atoms with Crippen LogP contribution in [0.2, 0.25) is 0 Å². The molecule has 1 saturated heterocycles. The highest BCUT2D eigenvalue weighted by atomic mass is 16.5. The molecule has 2 heterocycles. The Morgan fingerprint density at radius 1 is 1.12 bits per heavy atom. The van der Waals surface area contributed by atoms with Crippen molar-refractivity contribution in [2.45, 2.75) is 12.5 Å². The van der Waals surface area contributed by atoms with Gasteiger partial charge in [-0.25, -0.2) is 9.97 Å². The van der Waals surface area contributed by atoms with Gasteiger partial charge in [-0.15, -0.1) is 0 Å². The van der Waals surface area contributed by atoms with Gasteiger partial charge in [0.1, 0.15) is 18.8 Å². The summed E-state index contributed by atoms with van der Waals surface area (Å²) in [6.45, 7) is 7.98. The van der Waals surface area contributed by atoms with E-state index in [1.807, 2.05) is 30.3 Å². The largest absolute Gasteiger partial charge is 0.460 e. The van der Waals surface area contributed by atoms with E-state index in [2.05, 4.69) is 46.8 Å². The lowest BCUT2D eigenvalue weighted by molar-refractivity contribution is -0.914. The van der Waals surface area contributed by atoms with Gasteiger partial charge in [0.05, 0.1) is 43.3 Å². The second kappa shape index (κ2) is 10.0. The molecule has 3 aromatic rings. The number of fused-ring (bicyclic) bond motifs is 1. The van der Waals surface area contributed by atoms with Gasteiger partial charge in [-0.2, -0.15) is 5.26 Å². The molecule has 0 spiro atoms. The molecule has 1 atom stereocenters. The molecule has 4 rings (SSSR count). The van der Waals surface area contributed by atoms with Crippen molar-refractivity contribution in [3.63, 3.8) is 0 Å². The summed E-state index contributed by atoms with van der Waals surface area (Å²) in [5.41, 5.74) is 3.06. The Morgan fingerprint density at radius 2 is 1.78 bits per heavy atom. The zero-order valence-electron chi connectivity index (χ0n) is 17.9. The number of esters is 1. The zero-order valence-corrected chi connectivity index (χ0v) is 17.9. The van der Waals surface area contributed by atoms with Crippen LogP contribution < -0.4 is 9.80 Å². The first-order valence-electron chi connectivity index (χ1n) is 10.8. The van der Waals surface area contributed by atoms with Gasteiger partial charge in [-0.3, -0.25) is 4.79 Å². The molecule has 32 heavy (non-hydrogen) atoms. The first-order valence-corrected chi connectivity index (χ1v) is 10.8. The van der Waals surface area contributed by atoms with E-state index in [0.717, 1.165) is 38.2 Å². The number of piperazine rings is 1. The standard InChI is InChI=1S/C25H25N5O2/c1-2-16-32-25(31)20(17-26)23-24(28-22-11-7-6-10-21(22)27-23)30-14-12-29(13-15-30)18-19-8-4-3-5-9-19/h2-11,20H,1,12-16,18H2/p+1/t20-/m1/s1. The van der Waals surface area contributed by atoms with Crippen LogP contribution in [-0.4, -0.2) is 48.7 Å². The van der Waals surface area contributed by atoms with Crippen molar-refractivity contribution >= 4 is 22.8 Å². The van der Waals surface area contributed by atoms with Crippen molar-refractivity contribution in [2.24, 2.45) is 0 Å². The Bertz CT molecular complexity index is 1130. The van der Waals surface area contributed by atoms with Crippen LogP contribution >= 0.6 is 0 Å². The molecule has 0 amide bonds. The zero-order chi connectivity index (χ0) is 22.3. The van der Waals surface area contributed by atoms with Crippen LogP contribution in [-0.2, 0) is 16.1 Å². The van der Waals surface area contributed by atoms with E-state index >= 15 is 0 Å². The molecule has 7 heteroatoms. The van der Waals surface area contributed by atoms with Crippen LogP contribution in [0.1, 0.15) is 17.2 Å². The fourth-order valence-corrected chi connectivity index (χ4v) is 3.98. The Hall–Kier alpha value is -3.76. The third kappa shape index (κ3) is 4.76. The average molecular weight is 429 g/mol. The monoisotopic (exact) mass is 428 g/mol. The van der Waals surface area contributed by atoms with Crippen molar-refractivity contribution in [3.8, 4) is 6.07 Å². The van der Waals surface area contributed by atoms with Crippen LogP contribution in [0.4, 0.5) is 5.82 Å². The number of carbonyl (C=O) groups excluding carboxylic acids is 1. The highest BCUT2D eigenvalue weighted by Crippen LogP contribution is 2.28. The number of nitrogens with one attached hydrogen (secondary N) is 1. The molecule has 1 aromatic heterocycles. The summed E-state index contributed by atoms with van der Waals surface area (Å²) < 4.78 is 5.17. The van der Waals surface area contributed by atoms with Gasteiger partial charge in [-0.05, 0) is 12.1 Å². The molecule has 2 aromatic carbocycles. The van der Waals surface area contributed by atoms with E-state index in [1.165, 1.54) is 16.5 Å². The van der Waals surface area contributed by atoms with Gasteiger partial charge in [0.25, 0.3) is 0 Å². The summed E-state index contributed by atoms with van der Waals surface area (Å²) >= 11 is 0. The average Bonchev–Trinajstić information content (AvgIpc) is 2.84. The lowest BCUT2D eigenvalue weighted by Gasteiger charge is -2.34. The number of anilines is 1. The predicted molar refractivity (Wildman–Crippen MR) is 122 cm³/mol. The topological polar surface area (TPSA) is 83.5 Å². The molecular weight excluding hydrogens is 402 g/mol. The Labute approximate surface area is 187 Å². The van der Waals surface area contributed by atoms with E-state index in [4.69, 9.17) is 9.72 Å². The number of aromatic nitrogens is 2. The number of hydrogen-bond acceptors (Lipinski definition) is 6. The third-order valence-electron chi connectivity index (χ3n) is 5.63. The van der Waals surface area contributed by atoms with Crippen molar-refractivity contribution in [3.05, 3.63) is 78.5 Å². The SMILES string of the molecule is C=CCOC(=O)[C@H](C#N)c1nc2ccccc2nc1N1CC[NH+](Cc2ccccc2)CC1. The molecule has 1 N–H and O–H groups in total. The number of ether oxygens (including phenoxy) is 1. The van der Waals surface area contributed by atoms with Crippen LogP contribution in [0.5, 0.6) is 0 Å². The van der Waals surface area contributed by atoms with E-state index in [-0.39, 0.29) is 6.61 Å². The van der Waals surface area contributed by atoms with E-state index in [9.17, 15) is 10.1 Å². The number of rotatable bonds is 7. The summed E-state index contributed by atoms with van der Waals surface area (Å²) in [6, 6.07) is 20.0. The fraction of sp³-hybridized carbons (Fsp3) is 0.280. The fourth-order valence-electron chi connectivity index (χ4n) is 3.98. The Balaban J connectivity index is 1.60. The maximum atomic E-state index is 12.6. The second-order valence-electron chi connectivity index (χ2n) is 7.80. The third-order valence-corrected chi connectivity index (χ3v) is 5.63. The molecule has 0 saturated carbocycles. The van der Waals surface area contributed by atoms with Crippen LogP contribution in [0.15, 0.2) is 67.3 Å². The summed E-state index contributed by atoms with van der Waals surface area (Å²) in [5, 5.41) is 9.78. The summed E-state index contributed by atoms with van der Waals surface area (Å²) in [6.07, 6.45) is 1.48. The van der Waals surface area contributed by atoms with Crippen molar-refractivity contribution < 1.29 is 14.4 Å². The Morgan fingerprint density at radius 3 is 2.44 bits per heavy atom. The molecule has 0 aliphatic carbocycles. The highest BCUT2D eigenvalue weighted by molar-refractivity contribution is 5.85. The maximum absolute atomic E-state index is 12.6. The number of para-hydroxylation sites is 2. The van der Waals surface area contributed by atoms with Gasteiger partial charge in [0.15, 0.2) is 11.7 Å². The molecule has 0 radical (unpaired) electrons. The number of carbonyl (C=O) groups is 1. The molecule has 1 fully saturated rings.